The highest BCUT2D eigenvalue weighted by Crippen LogP contribution is 2.30. The van der Waals surface area contributed by atoms with Gasteiger partial charge < -0.3 is 15.4 Å². The van der Waals surface area contributed by atoms with Crippen LogP contribution >= 0.6 is 35.0 Å². The van der Waals surface area contributed by atoms with Crippen molar-refractivity contribution < 1.29 is 19.1 Å². The number of carbonyl (C=O) groups is 3. The zero-order valence-electron chi connectivity index (χ0n) is 15.6. The second kappa shape index (κ2) is 9.80. The average Bonchev–Trinajstić information content (AvgIpc) is 3.01. The Bertz CT molecular complexity index is 1070. The minimum Gasteiger partial charge on any atom is -0.482 e. The zero-order valence-corrected chi connectivity index (χ0v) is 17.9. The van der Waals surface area contributed by atoms with Crippen LogP contribution in [0.4, 0.5) is 5.69 Å². The van der Waals surface area contributed by atoms with Gasteiger partial charge in [-0.25, -0.2) is 0 Å². The monoisotopic (exact) mass is 463 g/mol. The molecule has 1 heterocycles. The highest BCUT2D eigenvalue weighted by Gasteiger charge is 2.22. The Morgan fingerprint density at radius 1 is 1.13 bits per heavy atom. The number of hydrogen-bond acceptors (Lipinski definition) is 5. The van der Waals surface area contributed by atoms with E-state index in [0.717, 1.165) is 11.8 Å². The van der Waals surface area contributed by atoms with Crippen molar-refractivity contribution in [3.8, 4) is 5.75 Å². The summed E-state index contributed by atoms with van der Waals surface area (Å²) in [5.74, 6) is -0.778. The van der Waals surface area contributed by atoms with Crippen LogP contribution in [0.5, 0.6) is 5.75 Å². The number of carbonyl (C=O) groups excluding carboxylic acids is 3. The lowest BCUT2D eigenvalue weighted by Crippen LogP contribution is -2.23. The average molecular weight is 464 g/mol. The van der Waals surface area contributed by atoms with Gasteiger partial charge in [-0.15, -0.1) is 0 Å². The number of ether oxygens (including phenoxy) is 1. The first-order valence-corrected chi connectivity index (χ1v) is 10.2. The number of amidine groups is 1. The van der Waals surface area contributed by atoms with Crippen LogP contribution in [0.1, 0.15) is 12.5 Å². The van der Waals surface area contributed by atoms with E-state index < -0.39 is 5.91 Å². The molecule has 0 unspecified atom stereocenters. The number of aliphatic imine (C=N–C) groups is 1. The minimum atomic E-state index is -0.445. The third-order valence-corrected chi connectivity index (χ3v) is 5.09. The molecule has 3 amide bonds. The van der Waals surface area contributed by atoms with Gasteiger partial charge in [-0.2, -0.15) is 4.99 Å². The first-order chi connectivity index (χ1) is 14.3. The smallest absolute Gasteiger partial charge is 0.286 e. The molecule has 0 fully saturated rings. The van der Waals surface area contributed by atoms with E-state index in [1.165, 1.54) is 6.92 Å². The number of rotatable bonds is 5. The van der Waals surface area contributed by atoms with Crippen molar-refractivity contribution in [2.45, 2.75) is 6.92 Å². The molecule has 10 heteroatoms. The van der Waals surface area contributed by atoms with Crippen LogP contribution in [0.25, 0.3) is 6.08 Å². The van der Waals surface area contributed by atoms with E-state index >= 15 is 0 Å². The summed E-state index contributed by atoms with van der Waals surface area (Å²) in [6.07, 6.45) is 1.61. The molecule has 0 bridgehead atoms. The third-order valence-electron chi connectivity index (χ3n) is 3.64. The second-order valence-corrected chi connectivity index (χ2v) is 7.92. The largest absolute Gasteiger partial charge is 0.482 e. The summed E-state index contributed by atoms with van der Waals surface area (Å²) in [5, 5.41) is 6.24. The molecule has 3 rings (SSSR count). The molecule has 0 saturated carbocycles. The molecule has 0 atom stereocenters. The number of anilines is 1. The molecule has 2 aromatic rings. The molecule has 0 aromatic heterocycles. The first-order valence-electron chi connectivity index (χ1n) is 8.58. The lowest BCUT2D eigenvalue weighted by atomic mass is 10.2. The minimum absolute atomic E-state index is 0.231. The number of halogens is 2. The number of benzene rings is 2. The van der Waals surface area contributed by atoms with Gasteiger partial charge >= 0.3 is 0 Å². The van der Waals surface area contributed by atoms with Gasteiger partial charge in [0.1, 0.15) is 5.75 Å². The van der Waals surface area contributed by atoms with Crippen molar-refractivity contribution in [3.05, 3.63) is 63.0 Å². The van der Waals surface area contributed by atoms with Gasteiger partial charge in [0.25, 0.3) is 11.8 Å². The van der Waals surface area contributed by atoms with E-state index in [4.69, 9.17) is 27.9 Å². The molecule has 0 spiro atoms. The van der Waals surface area contributed by atoms with E-state index in [-0.39, 0.29) is 28.6 Å². The maximum absolute atomic E-state index is 12.0. The van der Waals surface area contributed by atoms with E-state index in [1.54, 1.807) is 48.5 Å². The van der Waals surface area contributed by atoms with Crippen LogP contribution in [0.3, 0.4) is 0 Å². The SMILES string of the molecule is CC(=O)NC1=NC(=O)C(=Cc2ccc(OCC(=O)Nc3ccc(Cl)cc3)c(Cl)c2)S1. The van der Waals surface area contributed by atoms with Crippen LogP contribution in [-0.4, -0.2) is 29.5 Å². The molecular formula is C20H15Cl2N3O4S. The van der Waals surface area contributed by atoms with Crippen LogP contribution in [-0.2, 0) is 14.4 Å². The Morgan fingerprint density at radius 2 is 1.87 bits per heavy atom. The number of nitrogens with one attached hydrogen (secondary N) is 2. The Morgan fingerprint density at radius 3 is 2.53 bits per heavy atom. The van der Waals surface area contributed by atoms with Crippen molar-refractivity contribution in [3.63, 3.8) is 0 Å². The standard InChI is InChI=1S/C20H15Cl2N3O4S/c1-11(26)23-20-25-19(28)17(30-20)9-12-2-7-16(15(22)8-12)29-10-18(27)24-14-5-3-13(21)4-6-14/h2-9H,10H2,1H3,(H,24,27)(H,23,25,26,28). The Hall–Kier alpha value is -2.81. The van der Waals surface area contributed by atoms with Gasteiger partial charge in [0.15, 0.2) is 11.8 Å². The van der Waals surface area contributed by atoms with Crippen molar-refractivity contribution >= 4 is 69.6 Å². The lowest BCUT2D eigenvalue weighted by molar-refractivity contribution is -0.118. The highest BCUT2D eigenvalue weighted by molar-refractivity contribution is 8.18. The van der Waals surface area contributed by atoms with E-state index in [2.05, 4.69) is 15.6 Å². The predicted molar refractivity (Wildman–Crippen MR) is 119 cm³/mol. The summed E-state index contributed by atoms with van der Waals surface area (Å²) in [7, 11) is 0. The molecule has 1 aliphatic heterocycles. The fourth-order valence-corrected chi connectivity index (χ4v) is 3.59. The van der Waals surface area contributed by atoms with Gasteiger partial charge in [-0.3, -0.25) is 14.4 Å². The zero-order chi connectivity index (χ0) is 21.7. The molecule has 30 heavy (non-hydrogen) atoms. The number of nitrogens with zero attached hydrogens (tertiary/aromatic N) is 1. The van der Waals surface area contributed by atoms with E-state index in [1.807, 2.05) is 0 Å². The van der Waals surface area contributed by atoms with Crippen LogP contribution in [0.2, 0.25) is 10.0 Å². The molecule has 1 aliphatic rings. The summed E-state index contributed by atoms with van der Waals surface area (Å²) < 4.78 is 5.47. The number of amides is 3. The normalized spacial score (nSPS) is 14.4. The molecule has 0 radical (unpaired) electrons. The molecule has 2 aromatic carbocycles. The summed E-state index contributed by atoms with van der Waals surface area (Å²) in [6, 6.07) is 11.6. The van der Waals surface area contributed by atoms with Crippen molar-refractivity contribution in [2.75, 3.05) is 11.9 Å². The van der Waals surface area contributed by atoms with Crippen LogP contribution in [0.15, 0.2) is 52.4 Å². The predicted octanol–water partition coefficient (Wildman–Crippen LogP) is 4.12. The van der Waals surface area contributed by atoms with Crippen LogP contribution < -0.4 is 15.4 Å². The number of hydrogen-bond donors (Lipinski definition) is 2. The van der Waals surface area contributed by atoms with E-state index in [0.29, 0.717) is 26.9 Å². The Balaban J connectivity index is 1.59. The molecule has 7 nitrogen and oxygen atoms in total. The third kappa shape index (κ3) is 6.09. The summed E-state index contributed by atoms with van der Waals surface area (Å²) in [5.41, 5.74) is 1.24. The highest BCUT2D eigenvalue weighted by atomic mass is 35.5. The van der Waals surface area contributed by atoms with Crippen molar-refractivity contribution in [1.29, 1.82) is 0 Å². The van der Waals surface area contributed by atoms with Gasteiger partial charge in [-0.05, 0) is 59.8 Å². The first kappa shape index (κ1) is 21.9. The Kier molecular flexibility index (Phi) is 7.15. The Labute approximate surface area is 186 Å². The summed E-state index contributed by atoms with van der Waals surface area (Å²) in [6.45, 7) is 1.11. The quantitative estimate of drug-likeness (QED) is 0.649. The van der Waals surface area contributed by atoms with Crippen LogP contribution in [0, 0.1) is 0 Å². The second-order valence-electron chi connectivity index (χ2n) is 6.05. The maximum atomic E-state index is 12.0. The van der Waals surface area contributed by atoms with Crippen molar-refractivity contribution in [2.24, 2.45) is 4.99 Å². The van der Waals surface area contributed by atoms with E-state index in [9.17, 15) is 14.4 Å². The maximum Gasteiger partial charge on any atom is 0.286 e. The summed E-state index contributed by atoms with van der Waals surface area (Å²) in [4.78, 5) is 39.1. The van der Waals surface area contributed by atoms with Crippen molar-refractivity contribution in [1.82, 2.24) is 5.32 Å². The van der Waals surface area contributed by atoms with Gasteiger partial charge in [0.2, 0.25) is 5.91 Å². The lowest BCUT2D eigenvalue weighted by Gasteiger charge is -2.09. The molecule has 0 aliphatic carbocycles. The fraction of sp³-hybridized carbons (Fsp3) is 0.100. The fourth-order valence-electron chi connectivity index (χ4n) is 2.36. The van der Waals surface area contributed by atoms with Gasteiger partial charge in [0.05, 0.1) is 9.93 Å². The number of thioether (sulfide) groups is 1. The van der Waals surface area contributed by atoms with Gasteiger partial charge in [-0.1, -0.05) is 29.3 Å². The molecule has 154 valence electrons. The molecule has 0 saturated heterocycles. The summed E-state index contributed by atoms with van der Waals surface area (Å²) >= 11 is 13.1. The van der Waals surface area contributed by atoms with Gasteiger partial charge in [0, 0.05) is 17.6 Å². The molecular weight excluding hydrogens is 449 g/mol. The molecule has 2 N–H and O–H groups in total. The topological polar surface area (TPSA) is 96.9 Å².